The molecule has 84 valence electrons. The van der Waals surface area contributed by atoms with Gasteiger partial charge in [-0.1, -0.05) is 23.7 Å². The second-order valence-electron chi connectivity index (χ2n) is 4.18. The summed E-state index contributed by atoms with van der Waals surface area (Å²) in [4.78, 5) is 0. The van der Waals surface area contributed by atoms with Crippen LogP contribution in [-0.2, 0) is 4.74 Å². The van der Waals surface area contributed by atoms with E-state index in [2.05, 4.69) is 6.07 Å². The van der Waals surface area contributed by atoms with E-state index in [0.717, 1.165) is 35.6 Å². The SMILES string of the molecule is Cc1ccc(C2OCCCC2C#N)cc1Cl. The molecule has 0 aromatic heterocycles. The van der Waals surface area contributed by atoms with Gasteiger partial charge >= 0.3 is 0 Å². The maximum Gasteiger partial charge on any atom is 0.0983 e. The molecular formula is C13H14ClNO. The Morgan fingerprint density at radius 1 is 1.50 bits per heavy atom. The molecule has 0 amide bonds. The summed E-state index contributed by atoms with van der Waals surface area (Å²) in [6.07, 6.45) is 1.76. The molecule has 1 heterocycles. The summed E-state index contributed by atoms with van der Waals surface area (Å²) in [5.74, 6) is -0.0486. The predicted molar refractivity (Wildman–Crippen MR) is 63.2 cm³/mol. The Balaban J connectivity index is 2.28. The lowest BCUT2D eigenvalue weighted by Crippen LogP contribution is -2.21. The van der Waals surface area contributed by atoms with Crippen molar-refractivity contribution in [1.82, 2.24) is 0 Å². The van der Waals surface area contributed by atoms with Crippen LogP contribution >= 0.6 is 11.6 Å². The lowest BCUT2D eigenvalue weighted by Gasteiger charge is -2.27. The van der Waals surface area contributed by atoms with E-state index >= 15 is 0 Å². The maximum atomic E-state index is 9.08. The highest BCUT2D eigenvalue weighted by Crippen LogP contribution is 2.34. The third-order valence-corrected chi connectivity index (χ3v) is 3.42. The van der Waals surface area contributed by atoms with E-state index in [-0.39, 0.29) is 12.0 Å². The van der Waals surface area contributed by atoms with E-state index in [1.807, 2.05) is 25.1 Å². The molecule has 2 nitrogen and oxygen atoms in total. The highest BCUT2D eigenvalue weighted by molar-refractivity contribution is 6.31. The van der Waals surface area contributed by atoms with Crippen molar-refractivity contribution in [3.63, 3.8) is 0 Å². The first-order chi connectivity index (χ1) is 7.72. The molecule has 0 saturated carbocycles. The van der Waals surface area contributed by atoms with Crippen molar-refractivity contribution in [1.29, 1.82) is 5.26 Å². The Labute approximate surface area is 101 Å². The average Bonchev–Trinajstić information content (AvgIpc) is 2.32. The Bertz CT molecular complexity index is 424. The highest BCUT2D eigenvalue weighted by atomic mass is 35.5. The normalized spacial score (nSPS) is 25.1. The van der Waals surface area contributed by atoms with Gasteiger partial charge in [0.2, 0.25) is 0 Å². The molecule has 1 aliphatic rings. The van der Waals surface area contributed by atoms with Crippen molar-refractivity contribution >= 4 is 11.6 Å². The number of ether oxygens (including phenoxy) is 1. The Kier molecular flexibility index (Phi) is 3.48. The molecule has 1 aromatic rings. The molecule has 2 unspecified atom stereocenters. The minimum absolute atomic E-state index is 0.0486. The van der Waals surface area contributed by atoms with Crippen molar-refractivity contribution in [3.8, 4) is 6.07 Å². The van der Waals surface area contributed by atoms with Gasteiger partial charge in [-0.3, -0.25) is 0 Å². The first kappa shape index (κ1) is 11.4. The minimum atomic E-state index is -0.114. The zero-order valence-electron chi connectivity index (χ0n) is 9.24. The van der Waals surface area contributed by atoms with E-state index in [1.165, 1.54) is 0 Å². The largest absolute Gasteiger partial charge is 0.372 e. The van der Waals surface area contributed by atoms with E-state index in [1.54, 1.807) is 0 Å². The third kappa shape index (κ3) is 2.21. The van der Waals surface area contributed by atoms with Gasteiger partial charge < -0.3 is 4.74 Å². The zero-order chi connectivity index (χ0) is 11.5. The van der Waals surface area contributed by atoms with Crippen LogP contribution in [-0.4, -0.2) is 6.61 Å². The third-order valence-electron chi connectivity index (χ3n) is 3.01. The number of benzene rings is 1. The van der Waals surface area contributed by atoms with Crippen LogP contribution in [0.1, 0.15) is 30.1 Å². The van der Waals surface area contributed by atoms with E-state index in [4.69, 9.17) is 21.6 Å². The average molecular weight is 236 g/mol. The second kappa shape index (κ2) is 4.86. The van der Waals surface area contributed by atoms with Crippen molar-refractivity contribution in [2.45, 2.75) is 25.9 Å². The molecule has 1 aliphatic heterocycles. The molecule has 1 aromatic carbocycles. The number of hydrogen-bond acceptors (Lipinski definition) is 2. The molecule has 1 fully saturated rings. The molecular weight excluding hydrogens is 222 g/mol. The molecule has 0 N–H and O–H groups in total. The first-order valence-electron chi connectivity index (χ1n) is 5.49. The van der Waals surface area contributed by atoms with E-state index < -0.39 is 0 Å². The van der Waals surface area contributed by atoms with Crippen LogP contribution in [0.3, 0.4) is 0 Å². The fourth-order valence-corrected chi connectivity index (χ4v) is 2.22. The molecule has 2 atom stereocenters. The molecule has 0 radical (unpaired) electrons. The number of rotatable bonds is 1. The zero-order valence-corrected chi connectivity index (χ0v) is 10.00. The summed E-state index contributed by atoms with van der Waals surface area (Å²) in [6.45, 7) is 2.70. The number of nitriles is 1. The summed E-state index contributed by atoms with van der Waals surface area (Å²) < 4.78 is 5.68. The van der Waals surface area contributed by atoms with Crippen molar-refractivity contribution in [2.75, 3.05) is 6.61 Å². The van der Waals surface area contributed by atoms with E-state index in [0.29, 0.717) is 0 Å². The molecule has 1 saturated heterocycles. The maximum absolute atomic E-state index is 9.08. The summed E-state index contributed by atoms with van der Waals surface area (Å²) >= 11 is 6.09. The topological polar surface area (TPSA) is 33.0 Å². The first-order valence-corrected chi connectivity index (χ1v) is 5.87. The standard InChI is InChI=1S/C13H14ClNO/c1-9-4-5-10(7-12(9)14)13-11(8-15)3-2-6-16-13/h4-5,7,11,13H,2-3,6H2,1H3. The monoisotopic (exact) mass is 235 g/mol. The number of hydrogen-bond donors (Lipinski definition) is 0. The van der Waals surface area contributed by atoms with Gasteiger partial charge in [0.15, 0.2) is 0 Å². The number of aryl methyl sites for hydroxylation is 1. The van der Waals surface area contributed by atoms with Gasteiger partial charge in [0.1, 0.15) is 0 Å². The Morgan fingerprint density at radius 3 is 3.00 bits per heavy atom. The quantitative estimate of drug-likeness (QED) is 0.745. The summed E-state index contributed by atoms with van der Waals surface area (Å²) in [5, 5.41) is 9.82. The van der Waals surface area contributed by atoms with E-state index in [9.17, 15) is 0 Å². The lowest BCUT2D eigenvalue weighted by molar-refractivity contribution is -0.0101. The smallest absolute Gasteiger partial charge is 0.0983 e. The molecule has 3 heteroatoms. The molecule has 2 rings (SSSR count). The summed E-state index contributed by atoms with van der Waals surface area (Å²) in [5.41, 5.74) is 2.07. The molecule has 0 bridgehead atoms. The van der Waals surface area contributed by atoms with Crippen LogP contribution in [0.15, 0.2) is 18.2 Å². The van der Waals surface area contributed by atoms with Gasteiger partial charge in [-0.25, -0.2) is 0 Å². The molecule has 0 spiro atoms. The van der Waals surface area contributed by atoms with Crippen LogP contribution in [0, 0.1) is 24.2 Å². The van der Waals surface area contributed by atoms with Crippen LogP contribution in [0.4, 0.5) is 0 Å². The van der Waals surface area contributed by atoms with Gasteiger partial charge in [-0.05, 0) is 37.0 Å². The van der Waals surface area contributed by atoms with Crippen LogP contribution < -0.4 is 0 Å². The van der Waals surface area contributed by atoms with Crippen LogP contribution in [0.5, 0.6) is 0 Å². The van der Waals surface area contributed by atoms with Gasteiger partial charge in [0.25, 0.3) is 0 Å². The number of halogens is 1. The molecule has 0 aliphatic carbocycles. The Morgan fingerprint density at radius 2 is 2.31 bits per heavy atom. The Hall–Kier alpha value is -1.04. The predicted octanol–water partition coefficient (Wildman–Crippen LogP) is 3.64. The van der Waals surface area contributed by atoms with Gasteiger partial charge in [-0.2, -0.15) is 5.26 Å². The minimum Gasteiger partial charge on any atom is -0.372 e. The highest BCUT2D eigenvalue weighted by Gasteiger charge is 2.27. The fourth-order valence-electron chi connectivity index (χ4n) is 2.03. The van der Waals surface area contributed by atoms with Crippen molar-refractivity contribution in [2.24, 2.45) is 5.92 Å². The van der Waals surface area contributed by atoms with Crippen LogP contribution in [0.2, 0.25) is 5.02 Å². The summed E-state index contributed by atoms with van der Waals surface area (Å²) in [7, 11) is 0. The van der Waals surface area contributed by atoms with Crippen molar-refractivity contribution in [3.05, 3.63) is 34.3 Å². The lowest BCUT2D eigenvalue weighted by atomic mass is 9.90. The van der Waals surface area contributed by atoms with Gasteiger partial charge in [0.05, 0.1) is 18.1 Å². The summed E-state index contributed by atoms with van der Waals surface area (Å²) in [6, 6.07) is 8.21. The van der Waals surface area contributed by atoms with Gasteiger partial charge in [0, 0.05) is 11.6 Å². The number of nitrogens with zero attached hydrogens (tertiary/aromatic N) is 1. The molecule has 16 heavy (non-hydrogen) atoms. The van der Waals surface area contributed by atoms with Crippen LogP contribution in [0.25, 0.3) is 0 Å². The van der Waals surface area contributed by atoms with Crippen molar-refractivity contribution < 1.29 is 4.74 Å². The van der Waals surface area contributed by atoms with Gasteiger partial charge in [-0.15, -0.1) is 0 Å². The fraction of sp³-hybridized carbons (Fsp3) is 0.462. The second-order valence-corrected chi connectivity index (χ2v) is 4.59.